The number of rotatable bonds is 10. The summed E-state index contributed by atoms with van der Waals surface area (Å²) in [5.74, 6) is -0.909. The van der Waals surface area contributed by atoms with Gasteiger partial charge in [0.15, 0.2) is 0 Å². The van der Waals surface area contributed by atoms with E-state index in [2.05, 4.69) is 5.32 Å². The zero-order valence-electron chi connectivity index (χ0n) is 23.6. The molecule has 40 heavy (non-hydrogen) atoms. The van der Waals surface area contributed by atoms with E-state index in [-0.39, 0.29) is 23.0 Å². The minimum atomic E-state index is -4.27. The minimum absolute atomic E-state index is 0.0554. The topological polar surface area (TPSA) is 96.0 Å². The van der Waals surface area contributed by atoms with Gasteiger partial charge in [-0.2, -0.15) is 0 Å². The van der Waals surface area contributed by atoms with Crippen molar-refractivity contribution in [3.05, 3.63) is 89.7 Å². The maximum absolute atomic E-state index is 13.9. The van der Waals surface area contributed by atoms with Gasteiger partial charge in [-0.1, -0.05) is 29.8 Å². The van der Waals surface area contributed by atoms with Crippen molar-refractivity contribution in [3.63, 3.8) is 0 Å². The fourth-order valence-corrected chi connectivity index (χ4v) is 5.37. The molecule has 0 saturated carbocycles. The molecule has 214 valence electrons. The lowest BCUT2D eigenvalue weighted by Gasteiger charge is -2.33. The first-order chi connectivity index (χ1) is 18.7. The number of methoxy groups -OCH3 is 1. The number of anilines is 1. The van der Waals surface area contributed by atoms with Crippen molar-refractivity contribution in [1.82, 2.24) is 10.2 Å². The maximum atomic E-state index is 13.9. The minimum Gasteiger partial charge on any atom is -0.497 e. The number of carbonyl (C=O) groups excluding carboxylic acids is 2. The van der Waals surface area contributed by atoms with E-state index in [9.17, 15) is 22.4 Å². The van der Waals surface area contributed by atoms with E-state index in [1.807, 2.05) is 27.7 Å². The van der Waals surface area contributed by atoms with Gasteiger partial charge in [-0.05, 0) is 88.7 Å². The van der Waals surface area contributed by atoms with Crippen molar-refractivity contribution in [1.29, 1.82) is 0 Å². The zero-order valence-corrected chi connectivity index (χ0v) is 24.5. The van der Waals surface area contributed by atoms with E-state index in [1.54, 1.807) is 62.6 Å². The molecular weight excluding hydrogens is 533 g/mol. The number of aryl methyl sites for hydroxylation is 1. The number of amides is 2. The van der Waals surface area contributed by atoms with Crippen LogP contribution in [0.2, 0.25) is 0 Å². The number of nitrogens with one attached hydrogen (secondary N) is 1. The fourth-order valence-electron chi connectivity index (χ4n) is 3.96. The first-order valence-electron chi connectivity index (χ1n) is 12.8. The number of hydrogen-bond acceptors (Lipinski definition) is 5. The molecule has 0 bridgehead atoms. The normalized spacial score (nSPS) is 12.4. The van der Waals surface area contributed by atoms with Gasteiger partial charge in [0.05, 0.1) is 17.7 Å². The van der Waals surface area contributed by atoms with Crippen molar-refractivity contribution in [2.45, 2.75) is 57.6 Å². The quantitative estimate of drug-likeness (QED) is 0.383. The molecule has 2 amide bonds. The molecule has 10 heteroatoms. The van der Waals surface area contributed by atoms with Crippen LogP contribution in [0, 0.1) is 12.7 Å². The van der Waals surface area contributed by atoms with E-state index in [0.29, 0.717) is 5.75 Å². The SMILES string of the molecule is COc1ccc(CN(C(=O)CN(c2ccc(C)cc2)S(=O)(=O)c2ccc(F)cc2)C(C)C(=O)NC(C)(C)C)cc1. The smallest absolute Gasteiger partial charge is 0.264 e. The van der Waals surface area contributed by atoms with Gasteiger partial charge in [-0.3, -0.25) is 13.9 Å². The summed E-state index contributed by atoms with van der Waals surface area (Å²) in [6, 6.07) is 17.2. The average Bonchev–Trinajstić information content (AvgIpc) is 2.90. The number of hydrogen-bond donors (Lipinski definition) is 1. The van der Waals surface area contributed by atoms with Crippen molar-refractivity contribution in [2.75, 3.05) is 18.0 Å². The largest absolute Gasteiger partial charge is 0.497 e. The Hall–Kier alpha value is -3.92. The van der Waals surface area contributed by atoms with E-state index >= 15 is 0 Å². The summed E-state index contributed by atoms with van der Waals surface area (Å²) in [6.07, 6.45) is 0. The summed E-state index contributed by atoms with van der Waals surface area (Å²) in [4.78, 5) is 28.3. The van der Waals surface area contributed by atoms with Gasteiger partial charge in [0.1, 0.15) is 24.2 Å². The molecule has 1 atom stereocenters. The highest BCUT2D eigenvalue weighted by Crippen LogP contribution is 2.25. The van der Waals surface area contributed by atoms with Crippen molar-refractivity contribution < 1.29 is 27.1 Å². The number of benzene rings is 3. The van der Waals surface area contributed by atoms with Crippen LogP contribution >= 0.6 is 0 Å². The second-order valence-electron chi connectivity index (χ2n) is 10.6. The van der Waals surface area contributed by atoms with Crippen LogP contribution in [-0.4, -0.2) is 50.4 Å². The fraction of sp³-hybridized carbons (Fsp3) is 0.333. The lowest BCUT2D eigenvalue weighted by atomic mass is 10.1. The average molecular weight is 570 g/mol. The third kappa shape index (κ3) is 7.81. The lowest BCUT2D eigenvalue weighted by Crippen LogP contribution is -2.54. The summed E-state index contributed by atoms with van der Waals surface area (Å²) in [5.41, 5.74) is 1.36. The molecule has 0 aliphatic carbocycles. The molecule has 3 rings (SSSR count). The molecular formula is C30H36FN3O5S. The Bertz CT molecular complexity index is 1420. The Labute approximate surface area is 235 Å². The van der Waals surface area contributed by atoms with Gasteiger partial charge in [-0.15, -0.1) is 0 Å². The van der Waals surface area contributed by atoms with Crippen LogP contribution in [0.15, 0.2) is 77.7 Å². The second kappa shape index (κ2) is 12.5. The predicted molar refractivity (Wildman–Crippen MR) is 153 cm³/mol. The molecule has 3 aromatic rings. The Kier molecular flexibility index (Phi) is 9.57. The third-order valence-electron chi connectivity index (χ3n) is 6.18. The molecule has 3 aromatic carbocycles. The summed E-state index contributed by atoms with van der Waals surface area (Å²) in [6.45, 7) is 8.45. The van der Waals surface area contributed by atoms with Gasteiger partial charge >= 0.3 is 0 Å². The summed E-state index contributed by atoms with van der Waals surface area (Å²) >= 11 is 0. The monoisotopic (exact) mass is 569 g/mol. The first kappa shape index (κ1) is 30.6. The van der Waals surface area contributed by atoms with E-state index < -0.39 is 39.9 Å². The van der Waals surface area contributed by atoms with Crippen molar-refractivity contribution in [2.24, 2.45) is 0 Å². The number of ether oxygens (including phenoxy) is 1. The molecule has 1 N–H and O–H groups in total. The second-order valence-corrected chi connectivity index (χ2v) is 12.4. The molecule has 8 nitrogen and oxygen atoms in total. The molecule has 0 spiro atoms. The Morgan fingerprint density at radius 3 is 2.05 bits per heavy atom. The number of carbonyl (C=O) groups is 2. The zero-order chi connectivity index (χ0) is 29.7. The van der Waals surface area contributed by atoms with Crippen LogP contribution in [-0.2, 0) is 26.2 Å². The molecule has 0 aliphatic heterocycles. The maximum Gasteiger partial charge on any atom is 0.264 e. The molecule has 0 fully saturated rings. The highest BCUT2D eigenvalue weighted by Gasteiger charge is 2.33. The number of sulfonamides is 1. The van der Waals surface area contributed by atoms with Gasteiger partial charge in [0, 0.05) is 12.1 Å². The molecule has 0 aromatic heterocycles. The molecule has 1 unspecified atom stereocenters. The summed E-state index contributed by atoms with van der Waals surface area (Å²) in [5, 5.41) is 2.89. The Morgan fingerprint density at radius 2 is 1.52 bits per heavy atom. The van der Waals surface area contributed by atoms with Gasteiger partial charge in [0.25, 0.3) is 10.0 Å². The van der Waals surface area contributed by atoms with Crippen LogP contribution in [0.1, 0.15) is 38.8 Å². The predicted octanol–water partition coefficient (Wildman–Crippen LogP) is 4.67. The van der Waals surface area contributed by atoms with Crippen molar-refractivity contribution in [3.8, 4) is 5.75 Å². The standard InChI is InChI=1S/C30H36FN3O5S/c1-21-7-13-25(14-8-21)34(40(37,38)27-17-11-24(31)12-18-27)20-28(35)33(22(2)29(36)32-30(3,4)5)19-23-9-15-26(39-6)16-10-23/h7-18,22H,19-20H2,1-6H3,(H,32,36). The molecule has 0 heterocycles. The van der Waals surface area contributed by atoms with Gasteiger partial charge in [-0.25, -0.2) is 12.8 Å². The van der Waals surface area contributed by atoms with E-state index in [1.165, 1.54) is 4.90 Å². The highest BCUT2D eigenvalue weighted by atomic mass is 32.2. The van der Waals surface area contributed by atoms with Crippen LogP contribution in [0.4, 0.5) is 10.1 Å². The Morgan fingerprint density at radius 1 is 0.950 bits per heavy atom. The third-order valence-corrected chi connectivity index (χ3v) is 7.97. The number of halogens is 1. The molecule has 0 saturated heterocycles. The molecule has 0 radical (unpaired) electrons. The first-order valence-corrected chi connectivity index (χ1v) is 14.2. The van der Waals surface area contributed by atoms with Crippen LogP contribution in [0.5, 0.6) is 5.75 Å². The Balaban J connectivity index is 2.02. The van der Waals surface area contributed by atoms with E-state index in [4.69, 9.17) is 4.74 Å². The summed E-state index contributed by atoms with van der Waals surface area (Å²) < 4.78 is 47.3. The van der Waals surface area contributed by atoms with Crippen LogP contribution in [0.25, 0.3) is 0 Å². The summed E-state index contributed by atoms with van der Waals surface area (Å²) in [7, 11) is -2.72. The molecule has 0 aliphatic rings. The van der Waals surface area contributed by atoms with E-state index in [0.717, 1.165) is 39.7 Å². The highest BCUT2D eigenvalue weighted by molar-refractivity contribution is 7.92. The van der Waals surface area contributed by atoms with Crippen LogP contribution in [0.3, 0.4) is 0 Å². The van der Waals surface area contributed by atoms with Crippen LogP contribution < -0.4 is 14.4 Å². The van der Waals surface area contributed by atoms with Gasteiger partial charge < -0.3 is 15.0 Å². The van der Waals surface area contributed by atoms with Gasteiger partial charge in [0.2, 0.25) is 11.8 Å². The lowest BCUT2D eigenvalue weighted by molar-refractivity contribution is -0.140. The van der Waals surface area contributed by atoms with Crippen molar-refractivity contribution >= 4 is 27.5 Å². The number of nitrogens with zero attached hydrogens (tertiary/aromatic N) is 2.